The second-order valence-corrected chi connectivity index (χ2v) is 7.70. The first-order valence-electron chi connectivity index (χ1n) is 10.3. The number of carbonyl (C=O) groups is 1. The number of rotatable bonds is 7. The molecule has 0 saturated carbocycles. The van der Waals surface area contributed by atoms with E-state index in [0.717, 1.165) is 22.6 Å². The highest BCUT2D eigenvalue weighted by atomic mass is 16.5. The van der Waals surface area contributed by atoms with Gasteiger partial charge >= 0.3 is 0 Å². The molecule has 0 aromatic heterocycles. The summed E-state index contributed by atoms with van der Waals surface area (Å²) >= 11 is 0. The third kappa shape index (κ3) is 4.16. The van der Waals surface area contributed by atoms with Crippen LogP contribution in [0.1, 0.15) is 41.7 Å². The van der Waals surface area contributed by atoms with Crippen molar-refractivity contribution in [1.82, 2.24) is 0 Å². The highest BCUT2D eigenvalue weighted by Crippen LogP contribution is 2.46. The molecule has 0 radical (unpaired) electrons. The average Bonchev–Trinajstić information content (AvgIpc) is 2.83. The predicted octanol–water partition coefficient (Wildman–Crippen LogP) is 4.78. The summed E-state index contributed by atoms with van der Waals surface area (Å²) in [4.78, 5) is 14.9. The van der Waals surface area contributed by atoms with Crippen molar-refractivity contribution in [2.24, 2.45) is 5.92 Å². The average molecular weight is 412 g/mol. The first-order valence-corrected chi connectivity index (χ1v) is 10.3. The molecule has 0 bridgehead atoms. The highest BCUT2D eigenvalue weighted by Gasteiger charge is 2.48. The normalized spacial score (nSPS) is 18.7. The van der Waals surface area contributed by atoms with Gasteiger partial charge in [0.1, 0.15) is 5.75 Å². The number of amides is 1. The first-order chi connectivity index (χ1) is 15.1. The van der Waals surface area contributed by atoms with E-state index in [4.69, 9.17) is 10.00 Å². The molecule has 3 aromatic carbocycles. The number of hydrogen-bond donors (Lipinski definition) is 1. The summed E-state index contributed by atoms with van der Waals surface area (Å²) < 4.78 is 5.27. The molecule has 4 rings (SSSR count). The molecular formula is C26H24N2O3. The molecule has 1 saturated heterocycles. The molecule has 5 nitrogen and oxygen atoms in total. The van der Waals surface area contributed by atoms with Crippen LogP contribution in [0.2, 0.25) is 0 Å². The molecule has 1 N–H and O–H groups in total. The Balaban J connectivity index is 1.57. The molecule has 31 heavy (non-hydrogen) atoms. The zero-order valence-electron chi connectivity index (χ0n) is 17.3. The van der Waals surface area contributed by atoms with Crippen molar-refractivity contribution in [2.45, 2.75) is 25.0 Å². The van der Waals surface area contributed by atoms with E-state index in [0.29, 0.717) is 18.4 Å². The van der Waals surface area contributed by atoms with E-state index in [1.54, 1.807) is 24.1 Å². The summed E-state index contributed by atoms with van der Waals surface area (Å²) in [6, 6.07) is 26.3. The minimum absolute atomic E-state index is 0.0331. The number of carbonyl (C=O) groups excluding carboxylic acids is 1. The number of nitriles is 1. The van der Waals surface area contributed by atoms with Crippen molar-refractivity contribution in [3.05, 3.63) is 95.6 Å². The zero-order chi connectivity index (χ0) is 21.8. The van der Waals surface area contributed by atoms with E-state index in [2.05, 4.69) is 6.07 Å². The molecule has 1 heterocycles. The summed E-state index contributed by atoms with van der Waals surface area (Å²) in [5, 5.41) is 19.6. The Kier molecular flexibility index (Phi) is 6.01. The second-order valence-electron chi connectivity index (χ2n) is 7.70. The number of benzene rings is 3. The van der Waals surface area contributed by atoms with Crippen LogP contribution in [0.25, 0.3) is 0 Å². The smallest absolute Gasteiger partial charge is 0.233 e. The Morgan fingerprint density at radius 1 is 1.03 bits per heavy atom. The van der Waals surface area contributed by atoms with E-state index in [9.17, 15) is 9.90 Å². The van der Waals surface area contributed by atoms with Gasteiger partial charge in [-0.25, -0.2) is 0 Å². The van der Waals surface area contributed by atoms with Gasteiger partial charge in [0.25, 0.3) is 0 Å². The molecule has 1 amide bonds. The standard InChI is InChI=1S/C26H24N2O3/c1-31-22-13-9-20(10-14-22)25-23(15-16-24(29)19-5-3-2-4-6-19)26(30)28(25)21-11-7-18(17-27)8-12-21/h2-14,23-25,29H,15-16H2,1H3. The van der Waals surface area contributed by atoms with Gasteiger partial charge in [0, 0.05) is 5.69 Å². The molecular weight excluding hydrogens is 388 g/mol. The van der Waals surface area contributed by atoms with E-state index in [-0.39, 0.29) is 17.9 Å². The van der Waals surface area contributed by atoms with Crippen molar-refractivity contribution >= 4 is 11.6 Å². The lowest BCUT2D eigenvalue weighted by atomic mass is 9.78. The van der Waals surface area contributed by atoms with Crippen molar-refractivity contribution in [1.29, 1.82) is 5.26 Å². The van der Waals surface area contributed by atoms with E-state index >= 15 is 0 Å². The Labute approximate surface area is 182 Å². The summed E-state index contributed by atoms with van der Waals surface area (Å²) in [5.74, 6) is 0.573. The van der Waals surface area contributed by atoms with E-state index < -0.39 is 6.10 Å². The van der Waals surface area contributed by atoms with Gasteiger partial charge in [0.05, 0.1) is 36.8 Å². The molecule has 1 aliphatic heterocycles. The first kappa shape index (κ1) is 20.6. The lowest BCUT2D eigenvalue weighted by molar-refractivity contribution is -0.131. The number of aliphatic hydroxyl groups is 1. The lowest BCUT2D eigenvalue weighted by Gasteiger charge is -2.48. The van der Waals surface area contributed by atoms with Crippen molar-refractivity contribution in [2.75, 3.05) is 12.0 Å². The summed E-state index contributed by atoms with van der Waals surface area (Å²) in [6.07, 6.45) is 0.488. The van der Waals surface area contributed by atoms with E-state index in [1.165, 1.54) is 0 Å². The largest absolute Gasteiger partial charge is 0.497 e. The fraction of sp³-hybridized carbons (Fsp3) is 0.231. The van der Waals surface area contributed by atoms with Gasteiger partial charge in [-0.3, -0.25) is 4.79 Å². The maximum atomic E-state index is 13.1. The van der Waals surface area contributed by atoms with Crippen LogP contribution in [0, 0.1) is 17.2 Å². The molecule has 0 aliphatic carbocycles. The maximum Gasteiger partial charge on any atom is 0.233 e. The molecule has 1 aliphatic rings. The van der Waals surface area contributed by atoms with Crippen LogP contribution in [-0.4, -0.2) is 18.1 Å². The molecule has 5 heteroatoms. The number of hydrogen-bond acceptors (Lipinski definition) is 4. The van der Waals surface area contributed by atoms with Crippen LogP contribution >= 0.6 is 0 Å². The minimum atomic E-state index is -0.602. The molecule has 0 spiro atoms. The van der Waals surface area contributed by atoms with Crippen molar-refractivity contribution in [3.63, 3.8) is 0 Å². The fourth-order valence-electron chi connectivity index (χ4n) is 4.18. The molecule has 3 atom stereocenters. The number of methoxy groups -OCH3 is 1. The fourth-order valence-corrected chi connectivity index (χ4v) is 4.18. The van der Waals surface area contributed by atoms with Gasteiger partial charge in [-0.1, -0.05) is 42.5 Å². The SMILES string of the molecule is COc1ccc(C2C(CCC(O)c3ccccc3)C(=O)N2c2ccc(C#N)cc2)cc1. The van der Waals surface area contributed by atoms with Gasteiger partial charge in [-0.2, -0.15) is 5.26 Å². The Morgan fingerprint density at radius 3 is 2.32 bits per heavy atom. The molecule has 3 unspecified atom stereocenters. The van der Waals surface area contributed by atoms with Gasteiger partial charge in [-0.15, -0.1) is 0 Å². The topological polar surface area (TPSA) is 73.6 Å². The van der Waals surface area contributed by atoms with Crippen LogP contribution < -0.4 is 9.64 Å². The summed E-state index contributed by atoms with van der Waals surface area (Å²) in [6.45, 7) is 0. The zero-order valence-corrected chi connectivity index (χ0v) is 17.3. The van der Waals surface area contributed by atoms with Gasteiger partial charge < -0.3 is 14.7 Å². The molecule has 3 aromatic rings. The molecule has 1 fully saturated rings. The number of anilines is 1. The Morgan fingerprint density at radius 2 is 1.71 bits per heavy atom. The number of β-lactam (4-membered cyclic amide) rings is 1. The number of nitrogens with zero attached hydrogens (tertiary/aromatic N) is 2. The minimum Gasteiger partial charge on any atom is -0.497 e. The summed E-state index contributed by atoms with van der Waals surface area (Å²) in [7, 11) is 1.62. The Hall–Kier alpha value is -3.62. The van der Waals surface area contributed by atoms with Crippen molar-refractivity contribution < 1.29 is 14.6 Å². The lowest BCUT2D eigenvalue weighted by Crippen LogP contribution is -2.55. The third-order valence-corrected chi connectivity index (χ3v) is 5.88. The molecule has 156 valence electrons. The highest BCUT2D eigenvalue weighted by molar-refractivity contribution is 6.03. The van der Waals surface area contributed by atoms with Gasteiger partial charge in [0.2, 0.25) is 5.91 Å². The van der Waals surface area contributed by atoms with Crippen LogP contribution in [0.3, 0.4) is 0 Å². The van der Waals surface area contributed by atoms with Gasteiger partial charge in [-0.05, 0) is 60.4 Å². The number of aliphatic hydroxyl groups excluding tert-OH is 1. The van der Waals surface area contributed by atoms with Gasteiger partial charge in [0.15, 0.2) is 0 Å². The second kappa shape index (κ2) is 9.03. The monoisotopic (exact) mass is 412 g/mol. The van der Waals surface area contributed by atoms with Crippen LogP contribution in [0.4, 0.5) is 5.69 Å². The number of ether oxygens (including phenoxy) is 1. The summed E-state index contributed by atoms with van der Waals surface area (Å²) in [5.41, 5.74) is 3.20. The quantitative estimate of drug-likeness (QED) is 0.567. The van der Waals surface area contributed by atoms with Crippen LogP contribution in [0.15, 0.2) is 78.9 Å². The predicted molar refractivity (Wildman–Crippen MR) is 119 cm³/mol. The van der Waals surface area contributed by atoms with E-state index in [1.807, 2.05) is 66.7 Å². The maximum absolute atomic E-state index is 13.1. The van der Waals surface area contributed by atoms with Crippen molar-refractivity contribution in [3.8, 4) is 11.8 Å². The van der Waals surface area contributed by atoms with Crippen LogP contribution in [0.5, 0.6) is 5.75 Å². The third-order valence-electron chi connectivity index (χ3n) is 5.88. The van der Waals surface area contributed by atoms with Crippen LogP contribution in [-0.2, 0) is 4.79 Å². The Bertz CT molecular complexity index is 1070.